The van der Waals surface area contributed by atoms with Gasteiger partial charge in [-0.1, -0.05) is 36.7 Å². The molecule has 4 rings (SSSR count). The van der Waals surface area contributed by atoms with E-state index in [-0.39, 0.29) is 24.0 Å². The van der Waals surface area contributed by atoms with Crippen LogP contribution in [-0.2, 0) is 11.3 Å². The van der Waals surface area contributed by atoms with Gasteiger partial charge in [-0.15, -0.1) is 11.8 Å². The molecule has 6 nitrogen and oxygen atoms in total. The molecule has 1 saturated heterocycles. The Morgan fingerprint density at radius 3 is 2.79 bits per heavy atom. The lowest BCUT2D eigenvalue weighted by Crippen LogP contribution is -2.49. The van der Waals surface area contributed by atoms with Gasteiger partial charge in [0.25, 0.3) is 5.91 Å². The van der Waals surface area contributed by atoms with Gasteiger partial charge in [0.2, 0.25) is 12.7 Å². The SMILES string of the molecule is CCC1SCC(C(=O)NCc2ccc3c(c2)OCO3)N1C(=O)c1ccccc1Cl. The number of fused-ring (bicyclic) bond motifs is 1. The molecular weight excluding hydrogens is 412 g/mol. The van der Waals surface area contributed by atoms with Crippen molar-refractivity contribution >= 4 is 35.2 Å². The number of carbonyl (C=O) groups is 2. The second-order valence-corrected chi connectivity index (χ2v) is 8.43. The lowest BCUT2D eigenvalue weighted by molar-refractivity contribution is -0.125. The van der Waals surface area contributed by atoms with Crippen molar-refractivity contribution in [2.75, 3.05) is 12.5 Å². The molecule has 1 fully saturated rings. The number of ether oxygens (including phenoxy) is 2. The highest BCUT2D eigenvalue weighted by atomic mass is 35.5. The topological polar surface area (TPSA) is 67.9 Å². The number of thioether (sulfide) groups is 1. The van der Waals surface area contributed by atoms with Crippen LogP contribution in [0.3, 0.4) is 0 Å². The molecule has 2 heterocycles. The molecule has 0 saturated carbocycles. The molecule has 0 bridgehead atoms. The molecule has 2 aliphatic rings. The number of halogens is 1. The zero-order valence-electron chi connectivity index (χ0n) is 15.9. The molecule has 8 heteroatoms. The number of benzene rings is 2. The Morgan fingerprint density at radius 1 is 1.21 bits per heavy atom. The third-order valence-corrected chi connectivity index (χ3v) is 6.77. The number of amides is 2. The van der Waals surface area contributed by atoms with E-state index < -0.39 is 6.04 Å². The van der Waals surface area contributed by atoms with E-state index in [1.807, 2.05) is 25.1 Å². The van der Waals surface area contributed by atoms with E-state index in [0.717, 1.165) is 12.0 Å². The van der Waals surface area contributed by atoms with E-state index in [9.17, 15) is 9.59 Å². The van der Waals surface area contributed by atoms with Crippen LogP contribution in [0.2, 0.25) is 5.02 Å². The zero-order chi connectivity index (χ0) is 20.4. The first-order valence-electron chi connectivity index (χ1n) is 9.43. The van der Waals surface area contributed by atoms with E-state index in [4.69, 9.17) is 21.1 Å². The number of nitrogens with zero attached hydrogens (tertiary/aromatic N) is 1. The molecular formula is C21H21ClN2O4S. The Kier molecular flexibility index (Phi) is 5.87. The molecule has 2 atom stereocenters. The molecule has 0 spiro atoms. The van der Waals surface area contributed by atoms with Gasteiger partial charge in [-0.05, 0) is 36.2 Å². The maximum absolute atomic E-state index is 13.2. The van der Waals surface area contributed by atoms with Crippen LogP contribution in [0, 0.1) is 0 Å². The van der Waals surface area contributed by atoms with Crippen molar-refractivity contribution in [2.24, 2.45) is 0 Å². The van der Waals surface area contributed by atoms with Gasteiger partial charge in [-0.3, -0.25) is 9.59 Å². The summed E-state index contributed by atoms with van der Waals surface area (Å²) in [5, 5.41) is 3.29. The first-order chi connectivity index (χ1) is 14.1. The summed E-state index contributed by atoms with van der Waals surface area (Å²) in [5.74, 6) is 1.55. The summed E-state index contributed by atoms with van der Waals surface area (Å²) in [6.07, 6.45) is 0.757. The maximum Gasteiger partial charge on any atom is 0.256 e. The number of rotatable bonds is 5. The summed E-state index contributed by atoms with van der Waals surface area (Å²) in [6, 6.07) is 12.0. The minimum atomic E-state index is -0.539. The monoisotopic (exact) mass is 432 g/mol. The van der Waals surface area contributed by atoms with E-state index in [2.05, 4.69) is 5.32 Å². The lowest BCUT2D eigenvalue weighted by Gasteiger charge is -2.28. The van der Waals surface area contributed by atoms with Gasteiger partial charge in [-0.25, -0.2) is 0 Å². The molecule has 0 radical (unpaired) electrons. The van der Waals surface area contributed by atoms with Crippen molar-refractivity contribution in [2.45, 2.75) is 31.3 Å². The van der Waals surface area contributed by atoms with Gasteiger partial charge >= 0.3 is 0 Å². The lowest BCUT2D eigenvalue weighted by atomic mass is 10.1. The van der Waals surface area contributed by atoms with E-state index >= 15 is 0 Å². The molecule has 2 unspecified atom stereocenters. The predicted molar refractivity (Wildman–Crippen MR) is 112 cm³/mol. The molecule has 0 aromatic heterocycles. The summed E-state index contributed by atoms with van der Waals surface area (Å²) in [4.78, 5) is 27.8. The predicted octanol–water partition coefficient (Wildman–Crippen LogP) is 3.68. The molecule has 2 aliphatic heterocycles. The Bertz CT molecular complexity index is 939. The van der Waals surface area contributed by atoms with Crippen LogP contribution in [0.25, 0.3) is 0 Å². The molecule has 152 valence electrons. The third kappa shape index (κ3) is 4.02. The summed E-state index contributed by atoms with van der Waals surface area (Å²) < 4.78 is 10.7. The van der Waals surface area contributed by atoms with Crippen molar-refractivity contribution in [3.63, 3.8) is 0 Å². The highest BCUT2D eigenvalue weighted by molar-refractivity contribution is 8.00. The van der Waals surface area contributed by atoms with Crippen molar-refractivity contribution in [3.05, 3.63) is 58.6 Å². The normalized spacial score (nSPS) is 20.0. The summed E-state index contributed by atoms with van der Waals surface area (Å²) in [7, 11) is 0. The van der Waals surface area contributed by atoms with Crippen LogP contribution in [0.1, 0.15) is 29.3 Å². The summed E-state index contributed by atoms with van der Waals surface area (Å²) >= 11 is 7.84. The van der Waals surface area contributed by atoms with E-state index in [0.29, 0.717) is 34.4 Å². The van der Waals surface area contributed by atoms with Crippen LogP contribution in [0.4, 0.5) is 0 Å². The fraction of sp³-hybridized carbons (Fsp3) is 0.333. The largest absolute Gasteiger partial charge is 0.454 e. The smallest absolute Gasteiger partial charge is 0.256 e. The second kappa shape index (κ2) is 8.55. The second-order valence-electron chi connectivity index (χ2n) is 6.81. The van der Waals surface area contributed by atoms with Gasteiger partial charge < -0.3 is 19.7 Å². The number of hydrogen-bond acceptors (Lipinski definition) is 5. The van der Waals surface area contributed by atoms with Gasteiger partial charge in [0, 0.05) is 12.3 Å². The molecule has 1 N–H and O–H groups in total. The highest BCUT2D eigenvalue weighted by Gasteiger charge is 2.41. The number of nitrogens with one attached hydrogen (secondary N) is 1. The summed E-state index contributed by atoms with van der Waals surface area (Å²) in [6.45, 7) is 2.57. The molecule has 0 aliphatic carbocycles. The quantitative estimate of drug-likeness (QED) is 0.780. The average Bonchev–Trinajstić information content (AvgIpc) is 3.38. The van der Waals surface area contributed by atoms with Gasteiger partial charge in [-0.2, -0.15) is 0 Å². The Hall–Kier alpha value is -2.38. The first kappa shape index (κ1) is 19.9. The minimum Gasteiger partial charge on any atom is -0.454 e. The fourth-order valence-electron chi connectivity index (χ4n) is 3.48. The number of hydrogen-bond donors (Lipinski definition) is 1. The van der Waals surface area contributed by atoms with Crippen molar-refractivity contribution in [3.8, 4) is 11.5 Å². The van der Waals surface area contributed by atoms with Crippen LogP contribution in [0.5, 0.6) is 11.5 Å². The van der Waals surface area contributed by atoms with Crippen LogP contribution < -0.4 is 14.8 Å². The molecule has 2 aromatic rings. The van der Waals surface area contributed by atoms with Crippen molar-refractivity contribution < 1.29 is 19.1 Å². The van der Waals surface area contributed by atoms with Crippen LogP contribution >= 0.6 is 23.4 Å². The Balaban J connectivity index is 1.47. The van der Waals surface area contributed by atoms with Crippen molar-refractivity contribution in [1.29, 1.82) is 0 Å². The first-order valence-corrected chi connectivity index (χ1v) is 10.9. The van der Waals surface area contributed by atoms with Gasteiger partial charge in [0.05, 0.1) is 16.0 Å². The average molecular weight is 433 g/mol. The molecule has 2 aromatic carbocycles. The van der Waals surface area contributed by atoms with E-state index in [1.165, 1.54) is 0 Å². The third-order valence-electron chi connectivity index (χ3n) is 4.99. The van der Waals surface area contributed by atoms with Crippen molar-refractivity contribution in [1.82, 2.24) is 10.2 Å². The van der Waals surface area contributed by atoms with Gasteiger partial charge in [0.15, 0.2) is 11.5 Å². The minimum absolute atomic E-state index is 0.0555. The molecule has 2 amide bonds. The Morgan fingerprint density at radius 2 is 2.00 bits per heavy atom. The van der Waals surface area contributed by atoms with E-state index in [1.54, 1.807) is 40.9 Å². The highest BCUT2D eigenvalue weighted by Crippen LogP contribution is 2.34. The molecule has 29 heavy (non-hydrogen) atoms. The summed E-state index contributed by atoms with van der Waals surface area (Å²) in [5.41, 5.74) is 1.33. The maximum atomic E-state index is 13.2. The van der Waals surface area contributed by atoms with Crippen LogP contribution in [-0.4, -0.2) is 40.7 Å². The Labute approximate surface area is 178 Å². The van der Waals surface area contributed by atoms with Gasteiger partial charge in [0.1, 0.15) is 6.04 Å². The number of carbonyl (C=O) groups excluding carboxylic acids is 2. The van der Waals surface area contributed by atoms with Crippen LogP contribution in [0.15, 0.2) is 42.5 Å². The zero-order valence-corrected chi connectivity index (χ0v) is 17.5. The standard InChI is InChI=1S/C21H21ClN2O4S/c1-2-19-24(21(26)14-5-3-4-6-15(14)22)16(11-29-19)20(25)23-10-13-7-8-17-18(9-13)28-12-27-17/h3-9,16,19H,2,10-12H2,1H3,(H,23,25). The fourth-order valence-corrected chi connectivity index (χ4v) is 5.06.